The molecule has 0 bridgehead atoms. The Hall–Kier alpha value is -1.27. The van der Waals surface area contributed by atoms with Crippen molar-refractivity contribution in [3.8, 4) is 0 Å². The van der Waals surface area contributed by atoms with Crippen molar-refractivity contribution in [1.82, 2.24) is 24.7 Å². The second-order valence-electron chi connectivity index (χ2n) is 4.62. The summed E-state index contributed by atoms with van der Waals surface area (Å²) in [6, 6.07) is 2.44. The molecule has 0 spiro atoms. The molecule has 0 amide bonds. The lowest BCUT2D eigenvalue weighted by Gasteiger charge is -2.16. The van der Waals surface area contributed by atoms with Crippen LogP contribution in [0.25, 0.3) is 0 Å². The summed E-state index contributed by atoms with van der Waals surface area (Å²) in [5, 5.41) is 12.0. The minimum Gasteiger partial charge on any atom is -0.309 e. The van der Waals surface area contributed by atoms with Crippen LogP contribution < -0.4 is 5.32 Å². The van der Waals surface area contributed by atoms with Crippen molar-refractivity contribution >= 4 is 11.5 Å². The molecule has 0 aliphatic carbocycles. The Kier molecular flexibility index (Phi) is 5.04. The van der Waals surface area contributed by atoms with Gasteiger partial charge in [-0.05, 0) is 44.4 Å². The lowest BCUT2D eigenvalue weighted by atomic mass is 10.1. The second-order valence-corrected chi connectivity index (χ2v) is 5.44. The molecule has 19 heavy (non-hydrogen) atoms. The molecule has 2 rings (SSSR count). The first kappa shape index (κ1) is 14.1. The summed E-state index contributed by atoms with van der Waals surface area (Å²) in [7, 11) is 0. The van der Waals surface area contributed by atoms with Gasteiger partial charge in [0.05, 0.1) is 22.8 Å². The number of rotatable bonds is 7. The third-order valence-electron chi connectivity index (χ3n) is 3.06. The van der Waals surface area contributed by atoms with Crippen molar-refractivity contribution < 1.29 is 0 Å². The fraction of sp³-hybridized carbons (Fsp3) is 0.615. The van der Waals surface area contributed by atoms with E-state index in [0.717, 1.165) is 31.6 Å². The molecular formula is C13H21N5S. The van der Waals surface area contributed by atoms with Gasteiger partial charge < -0.3 is 5.32 Å². The molecule has 104 valence electrons. The van der Waals surface area contributed by atoms with E-state index in [9.17, 15) is 0 Å². The summed E-state index contributed by atoms with van der Waals surface area (Å²) in [6.45, 7) is 8.25. The van der Waals surface area contributed by atoms with E-state index in [1.165, 1.54) is 22.1 Å². The molecule has 0 aromatic carbocycles. The predicted octanol–water partition coefficient (Wildman–Crippen LogP) is 2.35. The molecule has 0 saturated heterocycles. The number of aromatic nitrogens is 4. The molecule has 1 N–H and O–H groups in total. The van der Waals surface area contributed by atoms with Gasteiger partial charge in [-0.2, -0.15) is 5.10 Å². The molecular weight excluding hydrogens is 258 g/mol. The first-order valence-corrected chi connectivity index (χ1v) is 7.55. The van der Waals surface area contributed by atoms with E-state index in [0.29, 0.717) is 0 Å². The van der Waals surface area contributed by atoms with Crippen LogP contribution in [-0.2, 0) is 13.0 Å². The zero-order valence-electron chi connectivity index (χ0n) is 11.8. The molecule has 6 heteroatoms. The summed E-state index contributed by atoms with van der Waals surface area (Å²) in [4.78, 5) is 1.19. The first-order valence-electron chi connectivity index (χ1n) is 6.78. The number of aryl methyl sites for hydroxylation is 2. The van der Waals surface area contributed by atoms with Crippen LogP contribution in [0, 0.1) is 6.92 Å². The molecule has 2 heterocycles. The van der Waals surface area contributed by atoms with Crippen LogP contribution in [0.2, 0.25) is 0 Å². The van der Waals surface area contributed by atoms with Crippen LogP contribution >= 0.6 is 11.5 Å². The summed E-state index contributed by atoms with van der Waals surface area (Å²) in [5.41, 5.74) is 2.34. The van der Waals surface area contributed by atoms with Crippen LogP contribution in [0.1, 0.15) is 42.6 Å². The van der Waals surface area contributed by atoms with E-state index in [-0.39, 0.29) is 6.04 Å². The number of nitrogens with one attached hydrogen (secondary N) is 1. The standard InChI is InChI=1S/C13H21N5S/c1-4-6-14-12(13-9-15-17-19-13)8-11-7-10(3)16-18(11)5-2/h7,9,12,14H,4-6,8H2,1-3H3. The molecule has 5 nitrogen and oxygen atoms in total. The summed E-state index contributed by atoms with van der Waals surface area (Å²) in [5.74, 6) is 0. The Morgan fingerprint density at radius 2 is 2.26 bits per heavy atom. The van der Waals surface area contributed by atoms with E-state index in [2.05, 4.69) is 44.6 Å². The van der Waals surface area contributed by atoms with E-state index in [1.807, 2.05) is 13.1 Å². The summed E-state index contributed by atoms with van der Waals surface area (Å²) >= 11 is 1.47. The fourth-order valence-corrected chi connectivity index (χ4v) is 2.74. The topological polar surface area (TPSA) is 55.6 Å². The lowest BCUT2D eigenvalue weighted by Crippen LogP contribution is -2.24. The molecule has 2 aromatic rings. The molecule has 0 radical (unpaired) electrons. The van der Waals surface area contributed by atoms with Gasteiger partial charge in [0.2, 0.25) is 0 Å². The zero-order chi connectivity index (χ0) is 13.7. The largest absolute Gasteiger partial charge is 0.309 e. The number of hydrogen-bond donors (Lipinski definition) is 1. The Bertz CT molecular complexity index is 491. The molecule has 2 aromatic heterocycles. The third-order valence-corrected chi connectivity index (χ3v) is 3.84. The van der Waals surface area contributed by atoms with Gasteiger partial charge in [-0.3, -0.25) is 4.68 Å². The maximum atomic E-state index is 4.50. The normalized spacial score (nSPS) is 12.8. The first-order chi connectivity index (χ1) is 9.24. The maximum absolute atomic E-state index is 4.50. The Balaban J connectivity index is 2.15. The van der Waals surface area contributed by atoms with Crippen molar-refractivity contribution in [2.75, 3.05) is 6.54 Å². The number of nitrogens with zero attached hydrogens (tertiary/aromatic N) is 4. The molecule has 1 unspecified atom stereocenters. The second kappa shape index (κ2) is 6.77. The van der Waals surface area contributed by atoms with Crippen molar-refractivity contribution in [2.45, 2.75) is 46.2 Å². The van der Waals surface area contributed by atoms with Gasteiger partial charge in [0, 0.05) is 18.7 Å². The van der Waals surface area contributed by atoms with Crippen LogP contribution in [-0.4, -0.2) is 25.9 Å². The van der Waals surface area contributed by atoms with Gasteiger partial charge in [-0.15, -0.1) is 5.10 Å². The van der Waals surface area contributed by atoms with Gasteiger partial charge >= 0.3 is 0 Å². The van der Waals surface area contributed by atoms with Gasteiger partial charge in [-0.1, -0.05) is 11.4 Å². The van der Waals surface area contributed by atoms with Crippen molar-refractivity contribution in [1.29, 1.82) is 0 Å². The Morgan fingerprint density at radius 1 is 1.42 bits per heavy atom. The molecule has 0 aliphatic heterocycles. The van der Waals surface area contributed by atoms with Crippen molar-refractivity contribution in [3.05, 3.63) is 28.5 Å². The summed E-state index contributed by atoms with van der Waals surface area (Å²) < 4.78 is 6.04. The highest BCUT2D eigenvalue weighted by Crippen LogP contribution is 2.21. The quantitative estimate of drug-likeness (QED) is 0.845. The molecule has 0 saturated carbocycles. The highest BCUT2D eigenvalue weighted by atomic mass is 32.1. The predicted molar refractivity (Wildman–Crippen MR) is 77.3 cm³/mol. The van der Waals surface area contributed by atoms with E-state index in [4.69, 9.17) is 0 Å². The lowest BCUT2D eigenvalue weighted by molar-refractivity contribution is 0.508. The van der Waals surface area contributed by atoms with E-state index >= 15 is 0 Å². The van der Waals surface area contributed by atoms with Crippen LogP contribution in [0.4, 0.5) is 0 Å². The monoisotopic (exact) mass is 279 g/mol. The van der Waals surface area contributed by atoms with Gasteiger partial charge in [0.1, 0.15) is 0 Å². The van der Waals surface area contributed by atoms with Crippen LogP contribution in [0.3, 0.4) is 0 Å². The van der Waals surface area contributed by atoms with Crippen LogP contribution in [0.15, 0.2) is 12.3 Å². The maximum Gasteiger partial charge on any atom is 0.0669 e. The van der Waals surface area contributed by atoms with Crippen molar-refractivity contribution in [2.24, 2.45) is 0 Å². The highest BCUT2D eigenvalue weighted by Gasteiger charge is 2.16. The fourth-order valence-electron chi connectivity index (χ4n) is 2.17. The Labute approximate surface area is 118 Å². The van der Waals surface area contributed by atoms with E-state index < -0.39 is 0 Å². The SMILES string of the molecule is CCCNC(Cc1cc(C)nn1CC)c1cnns1. The average molecular weight is 279 g/mol. The van der Waals surface area contributed by atoms with Crippen molar-refractivity contribution in [3.63, 3.8) is 0 Å². The Morgan fingerprint density at radius 3 is 2.89 bits per heavy atom. The molecule has 1 atom stereocenters. The van der Waals surface area contributed by atoms with Gasteiger partial charge in [0.25, 0.3) is 0 Å². The zero-order valence-corrected chi connectivity index (χ0v) is 12.6. The highest BCUT2D eigenvalue weighted by molar-refractivity contribution is 7.05. The smallest absolute Gasteiger partial charge is 0.0669 e. The average Bonchev–Trinajstić information content (AvgIpc) is 3.03. The molecule has 0 fully saturated rings. The van der Waals surface area contributed by atoms with Gasteiger partial charge in [0.15, 0.2) is 0 Å². The third kappa shape index (κ3) is 3.61. The van der Waals surface area contributed by atoms with Gasteiger partial charge in [-0.25, -0.2) is 0 Å². The minimum atomic E-state index is 0.279. The minimum absolute atomic E-state index is 0.279. The molecule has 0 aliphatic rings. The van der Waals surface area contributed by atoms with E-state index in [1.54, 1.807) is 0 Å². The number of hydrogen-bond acceptors (Lipinski definition) is 5. The summed E-state index contributed by atoms with van der Waals surface area (Å²) in [6.07, 6.45) is 3.91. The van der Waals surface area contributed by atoms with Crippen LogP contribution in [0.5, 0.6) is 0 Å².